The van der Waals surface area contributed by atoms with Crippen molar-refractivity contribution in [1.29, 1.82) is 0 Å². The summed E-state index contributed by atoms with van der Waals surface area (Å²) in [5, 5.41) is 2.41. The highest BCUT2D eigenvalue weighted by Crippen LogP contribution is 2.19. The first kappa shape index (κ1) is 18.7. The highest BCUT2D eigenvalue weighted by Gasteiger charge is 2.20. The number of hydrogen-bond donors (Lipinski definition) is 1. The summed E-state index contributed by atoms with van der Waals surface area (Å²) in [5.74, 6) is -0.610. The highest BCUT2D eigenvalue weighted by molar-refractivity contribution is 6.03. The summed E-state index contributed by atoms with van der Waals surface area (Å²) in [5.41, 5.74) is -0.00795. The average molecular weight is 396 g/mol. The van der Waals surface area contributed by atoms with E-state index in [9.17, 15) is 13.6 Å². The van der Waals surface area contributed by atoms with E-state index in [4.69, 9.17) is 0 Å². The van der Waals surface area contributed by atoms with Crippen LogP contribution in [-0.4, -0.2) is 47.0 Å². The van der Waals surface area contributed by atoms with E-state index >= 15 is 0 Å². The monoisotopic (exact) mass is 396 g/mol. The Bertz CT molecular complexity index is 1010. The second-order valence-corrected chi connectivity index (χ2v) is 6.50. The third kappa shape index (κ3) is 4.29. The number of anilines is 3. The number of benzene rings is 1. The van der Waals surface area contributed by atoms with Gasteiger partial charge in [0.15, 0.2) is 0 Å². The van der Waals surface area contributed by atoms with Crippen LogP contribution in [0.25, 0.3) is 0 Å². The molecule has 4 rings (SSSR count). The molecule has 3 aromatic rings. The van der Waals surface area contributed by atoms with Gasteiger partial charge in [-0.1, -0.05) is 6.07 Å². The second-order valence-electron chi connectivity index (χ2n) is 6.50. The Hall–Kier alpha value is -3.62. The fraction of sp³-hybridized carbons (Fsp3) is 0.200. The van der Waals surface area contributed by atoms with E-state index in [-0.39, 0.29) is 11.4 Å². The van der Waals surface area contributed by atoms with Crippen LogP contribution in [0.1, 0.15) is 10.5 Å². The SMILES string of the molecule is O=C(Nc1ccc(F)cc1F)c1cc(N2CCN(c3ccccn3)CC2)ncn1. The Morgan fingerprint density at radius 3 is 2.34 bits per heavy atom. The lowest BCUT2D eigenvalue weighted by Gasteiger charge is -2.36. The van der Waals surface area contributed by atoms with Gasteiger partial charge in [0, 0.05) is 44.5 Å². The van der Waals surface area contributed by atoms with Gasteiger partial charge < -0.3 is 15.1 Å². The van der Waals surface area contributed by atoms with Crippen LogP contribution in [-0.2, 0) is 0 Å². The minimum absolute atomic E-state index is 0.103. The van der Waals surface area contributed by atoms with Crippen molar-refractivity contribution in [1.82, 2.24) is 15.0 Å². The minimum Gasteiger partial charge on any atom is -0.353 e. The molecule has 0 saturated carbocycles. The third-order valence-electron chi connectivity index (χ3n) is 4.64. The standard InChI is InChI=1S/C20H18F2N6O/c21-14-4-5-16(15(22)11-14)26-20(29)17-12-19(25-13-24-17)28-9-7-27(8-10-28)18-3-1-2-6-23-18/h1-6,11-13H,7-10H2,(H,26,29). The molecule has 0 unspecified atom stereocenters. The van der Waals surface area contributed by atoms with Crippen LogP contribution >= 0.6 is 0 Å². The summed E-state index contributed by atoms with van der Waals surface area (Å²) in [6.07, 6.45) is 3.07. The van der Waals surface area contributed by atoms with Crippen LogP contribution in [0.2, 0.25) is 0 Å². The van der Waals surface area contributed by atoms with Crippen LogP contribution in [0.4, 0.5) is 26.1 Å². The Kier molecular flexibility index (Phi) is 5.28. The predicted octanol–water partition coefficient (Wildman–Crippen LogP) is 2.73. The van der Waals surface area contributed by atoms with Gasteiger partial charge in [-0.25, -0.2) is 23.7 Å². The van der Waals surface area contributed by atoms with Crippen molar-refractivity contribution < 1.29 is 13.6 Å². The molecule has 1 aliphatic heterocycles. The van der Waals surface area contributed by atoms with Gasteiger partial charge in [0.05, 0.1) is 5.69 Å². The largest absolute Gasteiger partial charge is 0.353 e. The molecule has 9 heteroatoms. The maximum atomic E-state index is 13.8. The van der Waals surface area contributed by atoms with Crippen LogP contribution in [0.3, 0.4) is 0 Å². The molecule has 0 spiro atoms. The molecule has 1 N–H and O–H groups in total. The molecule has 0 atom stereocenters. The molecule has 1 aromatic carbocycles. The topological polar surface area (TPSA) is 74.2 Å². The van der Waals surface area contributed by atoms with E-state index in [1.165, 1.54) is 12.4 Å². The zero-order valence-corrected chi connectivity index (χ0v) is 15.4. The van der Waals surface area contributed by atoms with E-state index in [0.717, 1.165) is 25.0 Å². The van der Waals surface area contributed by atoms with E-state index in [0.29, 0.717) is 25.0 Å². The Labute approximate surface area is 166 Å². The van der Waals surface area contributed by atoms with Crippen LogP contribution in [0.15, 0.2) is 55.0 Å². The number of aromatic nitrogens is 3. The predicted molar refractivity (Wildman–Crippen MR) is 105 cm³/mol. The number of halogens is 2. The fourth-order valence-electron chi connectivity index (χ4n) is 3.13. The van der Waals surface area contributed by atoms with Gasteiger partial charge >= 0.3 is 0 Å². The van der Waals surface area contributed by atoms with Crippen molar-refractivity contribution >= 4 is 23.2 Å². The van der Waals surface area contributed by atoms with E-state index in [2.05, 4.69) is 30.1 Å². The summed E-state index contributed by atoms with van der Waals surface area (Å²) in [6.45, 7) is 2.95. The first-order chi connectivity index (χ1) is 14.1. The molecule has 0 bridgehead atoms. The van der Waals surface area contributed by atoms with Gasteiger partial charge in [0.1, 0.15) is 35.3 Å². The lowest BCUT2D eigenvalue weighted by atomic mass is 10.2. The summed E-state index contributed by atoms with van der Waals surface area (Å²) >= 11 is 0. The number of hydrogen-bond acceptors (Lipinski definition) is 6. The molecule has 0 radical (unpaired) electrons. The minimum atomic E-state index is -0.849. The molecular weight excluding hydrogens is 378 g/mol. The van der Waals surface area contributed by atoms with E-state index in [1.54, 1.807) is 12.3 Å². The maximum Gasteiger partial charge on any atom is 0.274 e. The summed E-state index contributed by atoms with van der Waals surface area (Å²) < 4.78 is 26.8. The molecule has 2 aromatic heterocycles. The van der Waals surface area contributed by atoms with Gasteiger partial charge in [0.25, 0.3) is 5.91 Å². The zero-order valence-electron chi connectivity index (χ0n) is 15.4. The van der Waals surface area contributed by atoms with Crippen LogP contribution < -0.4 is 15.1 Å². The number of rotatable bonds is 4. The summed E-state index contributed by atoms with van der Waals surface area (Å²) in [4.78, 5) is 29.3. The molecular formula is C20H18F2N6O. The molecule has 1 amide bonds. The van der Waals surface area contributed by atoms with Crippen LogP contribution in [0, 0.1) is 11.6 Å². The van der Waals surface area contributed by atoms with Crippen molar-refractivity contribution in [2.45, 2.75) is 0 Å². The third-order valence-corrected chi connectivity index (χ3v) is 4.64. The maximum absolute atomic E-state index is 13.8. The molecule has 148 valence electrons. The van der Waals surface area contributed by atoms with Crippen molar-refractivity contribution in [2.75, 3.05) is 41.3 Å². The smallest absolute Gasteiger partial charge is 0.274 e. The van der Waals surface area contributed by atoms with Gasteiger partial charge in [-0.2, -0.15) is 0 Å². The second kappa shape index (κ2) is 8.17. The van der Waals surface area contributed by atoms with Gasteiger partial charge in [-0.3, -0.25) is 4.79 Å². The first-order valence-electron chi connectivity index (χ1n) is 9.09. The Morgan fingerprint density at radius 1 is 0.897 bits per heavy atom. The van der Waals surface area contributed by atoms with Crippen LogP contribution in [0.5, 0.6) is 0 Å². The average Bonchev–Trinajstić information content (AvgIpc) is 2.76. The number of amides is 1. The zero-order chi connectivity index (χ0) is 20.2. The van der Waals surface area contributed by atoms with Crippen molar-refractivity contribution in [2.24, 2.45) is 0 Å². The summed E-state index contributed by atoms with van der Waals surface area (Å²) in [6, 6.07) is 10.3. The molecule has 1 saturated heterocycles. The molecule has 3 heterocycles. The van der Waals surface area contributed by atoms with E-state index in [1.807, 2.05) is 18.2 Å². The van der Waals surface area contributed by atoms with Crippen molar-refractivity contribution in [3.63, 3.8) is 0 Å². The summed E-state index contributed by atoms with van der Waals surface area (Å²) in [7, 11) is 0. The lowest BCUT2D eigenvalue weighted by Crippen LogP contribution is -2.47. The molecule has 0 aliphatic carbocycles. The fourth-order valence-corrected chi connectivity index (χ4v) is 3.13. The normalized spacial score (nSPS) is 14.0. The van der Waals surface area contributed by atoms with E-state index < -0.39 is 17.5 Å². The number of nitrogens with one attached hydrogen (secondary N) is 1. The molecule has 29 heavy (non-hydrogen) atoms. The van der Waals surface area contributed by atoms with Gasteiger partial charge in [0.2, 0.25) is 0 Å². The highest BCUT2D eigenvalue weighted by atomic mass is 19.1. The quantitative estimate of drug-likeness (QED) is 0.731. The van der Waals surface area contributed by atoms with Crippen molar-refractivity contribution in [3.05, 3.63) is 72.3 Å². The number of pyridine rings is 1. The lowest BCUT2D eigenvalue weighted by molar-refractivity contribution is 0.102. The van der Waals surface area contributed by atoms with Gasteiger partial charge in [-0.05, 0) is 24.3 Å². The van der Waals surface area contributed by atoms with Crippen molar-refractivity contribution in [3.8, 4) is 0 Å². The number of nitrogens with zero attached hydrogens (tertiary/aromatic N) is 5. The van der Waals surface area contributed by atoms with Gasteiger partial charge in [-0.15, -0.1) is 0 Å². The Balaban J connectivity index is 1.43. The molecule has 1 fully saturated rings. The number of carbonyl (C=O) groups is 1. The molecule has 1 aliphatic rings. The number of piperazine rings is 1. The molecule has 7 nitrogen and oxygen atoms in total. The first-order valence-corrected chi connectivity index (χ1v) is 9.09. The Morgan fingerprint density at radius 2 is 1.66 bits per heavy atom. The number of carbonyl (C=O) groups excluding carboxylic acids is 1.